The maximum absolute atomic E-state index is 5.74. The van der Waals surface area contributed by atoms with Gasteiger partial charge in [-0.1, -0.05) is 0 Å². The molecule has 0 spiro atoms. The van der Waals surface area contributed by atoms with Gasteiger partial charge in [-0.05, 0) is 38.6 Å². The molecule has 1 aromatic rings. The highest BCUT2D eigenvalue weighted by Crippen LogP contribution is 2.44. The van der Waals surface area contributed by atoms with E-state index in [-0.39, 0.29) is 0 Å². The van der Waals surface area contributed by atoms with Crippen LogP contribution in [0.4, 0.5) is 0 Å². The van der Waals surface area contributed by atoms with Crippen LogP contribution in [0.25, 0.3) is 0 Å². The van der Waals surface area contributed by atoms with Crippen molar-refractivity contribution < 1.29 is 0 Å². The van der Waals surface area contributed by atoms with Gasteiger partial charge in [-0.25, -0.2) is 4.98 Å². The van der Waals surface area contributed by atoms with Crippen molar-refractivity contribution >= 4 is 11.3 Å². The summed E-state index contributed by atoms with van der Waals surface area (Å²) in [5, 5.41) is 6.82. The molecule has 1 aromatic heterocycles. The van der Waals surface area contributed by atoms with Crippen molar-refractivity contribution in [3.8, 4) is 0 Å². The molecule has 1 unspecified atom stereocenters. The smallest absolute Gasteiger partial charge is 0.110 e. The quantitative estimate of drug-likeness (QED) is 0.804. The van der Waals surface area contributed by atoms with Gasteiger partial charge in [0, 0.05) is 17.6 Å². The van der Waals surface area contributed by atoms with Crippen LogP contribution in [0.2, 0.25) is 0 Å². The summed E-state index contributed by atoms with van der Waals surface area (Å²) in [6.45, 7) is 6.05. The Bertz CT molecular complexity index is 330. The van der Waals surface area contributed by atoms with E-state index in [0.717, 1.165) is 18.8 Å². The number of thiazole rings is 1. The largest absolute Gasteiger partial charge is 0.330 e. The molecule has 0 radical (unpaired) electrons. The summed E-state index contributed by atoms with van der Waals surface area (Å²) in [6.07, 6.45) is 2.56. The third-order valence-corrected chi connectivity index (χ3v) is 4.33. The van der Waals surface area contributed by atoms with Crippen LogP contribution in [0.15, 0.2) is 5.38 Å². The van der Waals surface area contributed by atoms with Gasteiger partial charge in [0.05, 0.1) is 6.04 Å². The average molecular weight is 225 g/mol. The zero-order valence-corrected chi connectivity index (χ0v) is 10.2. The van der Waals surface area contributed by atoms with Crippen molar-refractivity contribution in [2.24, 2.45) is 11.1 Å². The summed E-state index contributed by atoms with van der Waals surface area (Å²) in [7, 11) is 0. The van der Waals surface area contributed by atoms with Crippen molar-refractivity contribution in [3.63, 3.8) is 0 Å². The summed E-state index contributed by atoms with van der Waals surface area (Å²) in [5.74, 6) is 0. The van der Waals surface area contributed by atoms with E-state index in [1.807, 2.05) is 6.92 Å². The maximum Gasteiger partial charge on any atom is 0.110 e. The van der Waals surface area contributed by atoms with Gasteiger partial charge in [0.2, 0.25) is 0 Å². The van der Waals surface area contributed by atoms with Crippen molar-refractivity contribution in [2.45, 2.75) is 32.7 Å². The zero-order chi connectivity index (χ0) is 10.9. The number of nitrogens with one attached hydrogen (secondary N) is 1. The molecule has 2 rings (SSSR count). The van der Waals surface area contributed by atoms with Crippen LogP contribution in [-0.2, 0) is 0 Å². The molecule has 4 heteroatoms. The molecule has 84 valence electrons. The van der Waals surface area contributed by atoms with E-state index in [0.29, 0.717) is 11.5 Å². The van der Waals surface area contributed by atoms with Crippen LogP contribution in [0.5, 0.6) is 0 Å². The molecule has 0 bridgehead atoms. The van der Waals surface area contributed by atoms with Crippen molar-refractivity contribution in [1.82, 2.24) is 10.3 Å². The predicted octanol–water partition coefficient (Wildman–Crippen LogP) is 1.84. The standard InChI is InChI=1S/C11H19N3S/c1-8-5-15-10(14-8)9(2)13-7-11(6-12)3-4-11/h5,9,13H,3-4,6-7,12H2,1-2H3. The lowest BCUT2D eigenvalue weighted by atomic mass is 10.1. The van der Waals surface area contributed by atoms with Gasteiger partial charge in [-0.15, -0.1) is 11.3 Å². The Morgan fingerprint density at radius 1 is 1.67 bits per heavy atom. The molecule has 15 heavy (non-hydrogen) atoms. The van der Waals surface area contributed by atoms with Gasteiger partial charge < -0.3 is 11.1 Å². The monoisotopic (exact) mass is 225 g/mol. The number of aromatic nitrogens is 1. The summed E-state index contributed by atoms with van der Waals surface area (Å²) in [6, 6.07) is 0.354. The first-order valence-corrected chi connectivity index (χ1v) is 6.39. The second-order valence-electron chi connectivity index (χ2n) is 4.63. The van der Waals surface area contributed by atoms with Gasteiger partial charge in [0.25, 0.3) is 0 Å². The second kappa shape index (κ2) is 4.20. The number of aryl methyl sites for hydroxylation is 1. The van der Waals surface area contributed by atoms with Crippen LogP contribution in [0.1, 0.15) is 36.5 Å². The van der Waals surface area contributed by atoms with Crippen LogP contribution in [-0.4, -0.2) is 18.1 Å². The lowest BCUT2D eigenvalue weighted by molar-refractivity contribution is 0.433. The summed E-state index contributed by atoms with van der Waals surface area (Å²) in [4.78, 5) is 4.48. The number of hydrogen-bond donors (Lipinski definition) is 2. The minimum Gasteiger partial charge on any atom is -0.330 e. The second-order valence-corrected chi connectivity index (χ2v) is 5.52. The molecule has 3 nitrogen and oxygen atoms in total. The Morgan fingerprint density at radius 3 is 2.87 bits per heavy atom. The fraction of sp³-hybridized carbons (Fsp3) is 0.727. The lowest BCUT2D eigenvalue weighted by Crippen LogP contribution is -2.31. The van der Waals surface area contributed by atoms with Crippen LogP contribution >= 0.6 is 11.3 Å². The first-order valence-electron chi connectivity index (χ1n) is 5.51. The van der Waals surface area contributed by atoms with E-state index in [9.17, 15) is 0 Å². The minimum atomic E-state index is 0.354. The van der Waals surface area contributed by atoms with Crippen LogP contribution < -0.4 is 11.1 Å². The Hall–Kier alpha value is -0.450. The Morgan fingerprint density at radius 2 is 2.40 bits per heavy atom. The van der Waals surface area contributed by atoms with Crippen LogP contribution in [0.3, 0.4) is 0 Å². The summed E-state index contributed by atoms with van der Waals surface area (Å²) < 4.78 is 0. The number of rotatable bonds is 5. The topological polar surface area (TPSA) is 50.9 Å². The highest BCUT2D eigenvalue weighted by atomic mass is 32.1. The molecule has 3 N–H and O–H groups in total. The number of nitrogens with zero attached hydrogens (tertiary/aromatic N) is 1. The lowest BCUT2D eigenvalue weighted by Gasteiger charge is -2.17. The van der Waals surface area contributed by atoms with Gasteiger partial charge in [-0.3, -0.25) is 0 Å². The molecule has 1 aliphatic carbocycles. The molecule has 0 amide bonds. The molecular formula is C11H19N3S. The van der Waals surface area contributed by atoms with E-state index >= 15 is 0 Å². The molecule has 1 heterocycles. The molecule has 0 saturated heterocycles. The Balaban J connectivity index is 1.85. The van der Waals surface area contributed by atoms with E-state index in [4.69, 9.17) is 5.73 Å². The third-order valence-electron chi connectivity index (χ3n) is 3.18. The summed E-state index contributed by atoms with van der Waals surface area (Å²) in [5.41, 5.74) is 7.26. The highest BCUT2D eigenvalue weighted by molar-refractivity contribution is 7.09. The number of hydrogen-bond acceptors (Lipinski definition) is 4. The van der Waals surface area contributed by atoms with E-state index in [1.54, 1.807) is 11.3 Å². The first kappa shape index (κ1) is 11.0. The molecule has 1 aliphatic rings. The normalized spacial score (nSPS) is 20.2. The van der Waals surface area contributed by atoms with Gasteiger partial charge >= 0.3 is 0 Å². The van der Waals surface area contributed by atoms with Gasteiger partial charge in [-0.2, -0.15) is 0 Å². The molecule has 0 aromatic carbocycles. The van der Waals surface area contributed by atoms with E-state index in [2.05, 4.69) is 22.6 Å². The van der Waals surface area contributed by atoms with Crippen molar-refractivity contribution in [2.75, 3.05) is 13.1 Å². The Kier molecular flexibility index (Phi) is 3.09. The SMILES string of the molecule is Cc1csc(C(C)NCC2(CN)CC2)n1. The van der Waals surface area contributed by atoms with Gasteiger partial charge in [0.1, 0.15) is 5.01 Å². The molecule has 1 fully saturated rings. The van der Waals surface area contributed by atoms with E-state index in [1.165, 1.54) is 17.8 Å². The molecule has 1 atom stereocenters. The zero-order valence-electron chi connectivity index (χ0n) is 9.42. The fourth-order valence-electron chi connectivity index (χ4n) is 1.66. The third kappa shape index (κ3) is 2.56. The van der Waals surface area contributed by atoms with Crippen LogP contribution in [0, 0.1) is 12.3 Å². The van der Waals surface area contributed by atoms with Crippen molar-refractivity contribution in [3.05, 3.63) is 16.1 Å². The van der Waals surface area contributed by atoms with Gasteiger partial charge in [0.15, 0.2) is 0 Å². The summed E-state index contributed by atoms with van der Waals surface area (Å²) >= 11 is 1.73. The molecule has 0 aliphatic heterocycles. The Labute approximate surface area is 95.1 Å². The van der Waals surface area contributed by atoms with E-state index < -0.39 is 0 Å². The molecule has 1 saturated carbocycles. The first-order chi connectivity index (χ1) is 7.15. The maximum atomic E-state index is 5.74. The number of nitrogens with two attached hydrogens (primary N) is 1. The fourth-order valence-corrected chi connectivity index (χ4v) is 2.49. The van der Waals surface area contributed by atoms with Crippen molar-refractivity contribution in [1.29, 1.82) is 0 Å². The average Bonchev–Trinajstić information content (AvgIpc) is 2.90. The minimum absolute atomic E-state index is 0.354. The molecular weight excluding hydrogens is 206 g/mol. The highest BCUT2D eigenvalue weighted by Gasteiger charge is 2.40. The predicted molar refractivity (Wildman–Crippen MR) is 64.0 cm³/mol.